The van der Waals surface area contributed by atoms with E-state index >= 15 is 0 Å². The molecule has 106 valence electrons. The molecule has 0 aromatic carbocycles. The van der Waals surface area contributed by atoms with Gasteiger partial charge in [-0.2, -0.15) is 0 Å². The molecule has 2 fully saturated rings. The van der Waals surface area contributed by atoms with Crippen molar-refractivity contribution in [1.82, 2.24) is 10.2 Å². The van der Waals surface area contributed by atoms with Crippen LogP contribution in [0.3, 0.4) is 0 Å². The third-order valence-corrected chi connectivity index (χ3v) is 4.79. The van der Waals surface area contributed by atoms with Gasteiger partial charge in [0.1, 0.15) is 0 Å². The maximum absolute atomic E-state index is 12.4. The topological polar surface area (TPSA) is 32.3 Å². The summed E-state index contributed by atoms with van der Waals surface area (Å²) in [5.41, 5.74) is 0. The predicted molar refractivity (Wildman–Crippen MR) is 77.0 cm³/mol. The van der Waals surface area contributed by atoms with Gasteiger partial charge in [0.2, 0.25) is 5.91 Å². The molecule has 0 spiro atoms. The van der Waals surface area contributed by atoms with E-state index in [1.807, 2.05) is 11.9 Å². The van der Waals surface area contributed by atoms with Crippen LogP contribution in [-0.2, 0) is 4.79 Å². The molecule has 2 rings (SSSR count). The van der Waals surface area contributed by atoms with E-state index in [9.17, 15) is 4.79 Å². The Balaban J connectivity index is 0.00000162. The maximum Gasteiger partial charge on any atom is 0.225 e. The Morgan fingerprint density at radius 1 is 1.22 bits per heavy atom. The number of hydrogen-bond acceptors (Lipinski definition) is 2. The third-order valence-electron chi connectivity index (χ3n) is 4.79. The molecule has 0 bridgehead atoms. The molecule has 1 saturated carbocycles. The van der Waals surface area contributed by atoms with Gasteiger partial charge in [-0.05, 0) is 50.6 Å². The summed E-state index contributed by atoms with van der Waals surface area (Å²) in [4.78, 5) is 14.4. The second-order valence-corrected chi connectivity index (χ2v) is 6.07. The molecule has 0 aromatic rings. The highest BCUT2D eigenvalue weighted by atomic mass is 35.5. The van der Waals surface area contributed by atoms with Crippen molar-refractivity contribution in [1.29, 1.82) is 0 Å². The van der Waals surface area contributed by atoms with E-state index in [1.54, 1.807) is 0 Å². The summed E-state index contributed by atoms with van der Waals surface area (Å²) in [7, 11) is 2.01. The molecular weight excluding hydrogens is 248 g/mol. The lowest BCUT2D eigenvalue weighted by atomic mass is 9.84. The van der Waals surface area contributed by atoms with Crippen molar-refractivity contribution in [3.05, 3.63) is 0 Å². The number of nitrogens with zero attached hydrogens (tertiary/aromatic N) is 1. The monoisotopic (exact) mass is 274 g/mol. The Morgan fingerprint density at radius 2 is 1.78 bits per heavy atom. The molecule has 1 aliphatic heterocycles. The zero-order chi connectivity index (χ0) is 12.4. The summed E-state index contributed by atoms with van der Waals surface area (Å²) in [6, 6.07) is 0.495. The number of carbonyl (C=O) groups is 1. The Kier molecular flexibility index (Phi) is 5.93. The first-order chi connectivity index (χ1) is 8.09. The highest BCUT2D eigenvalue weighted by Gasteiger charge is 2.33. The largest absolute Gasteiger partial charge is 0.343 e. The smallest absolute Gasteiger partial charge is 0.225 e. The maximum atomic E-state index is 12.4. The number of carbonyl (C=O) groups excluding carboxylic acids is 1. The lowest BCUT2D eigenvalue weighted by Gasteiger charge is -2.38. The number of halogens is 1. The van der Waals surface area contributed by atoms with Gasteiger partial charge in [0.05, 0.1) is 0 Å². The summed E-state index contributed by atoms with van der Waals surface area (Å²) in [5.74, 6) is 1.96. The number of nitrogens with one attached hydrogen (secondary N) is 1. The Labute approximate surface area is 117 Å². The van der Waals surface area contributed by atoms with Gasteiger partial charge >= 0.3 is 0 Å². The molecule has 0 radical (unpaired) electrons. The van der Waals surface area contributed by atoms with Gasteiger partial charge in [-0.25, -0.2) is 0 Å². The van der Waals surface area contributed by atoms with Crippen LogP contribution in [0.15, 0.2) is 0 Å². The van der Waals surface area contributed by atoms with Crippen LogP contribution in [0.25, 0.3) is 0 Å². The SMILES string of the molecule is CC1CCC(N(C)C(=O)C(C)C2CNC2)CC1.Cl. The quantitative estimate of drug-likeness (QED) is 0.857. The lowest BCUT2D eigenvalue weighted by molar-refractivity contribution is -0.138. The van der Waals surface area contributed by atoms with Gasteiger partial charge in [0.15, 0.2) is 0 Å². The van der Waals surface area contributed by atoms with Crippen LogP contribution in [0.1, 0.15) is 39.5 Å². The van der Waals surface area contributed by atoms with Crippen LogP contribution in [0.5, 0.6) is 0 Å². The number of amides is 1. The molecular formula is C14H27ClN2O. The second kappa shape index (κ2) is 6.76. The van der Waals surface area contributed by atoms with Crippen molar-refractivity contribution in [2.24, 2.45) is 17.8 Å². The standard InChI is InChI=1S/C14H26N2O.ClH/c1-10-4-6-13(7-5-10)16(3)14(17)11(2)12-8-15-9-12;/h10-13,15H,4-9H2,1-3H3;1H. The number of hydrogen-bond donors (Lipinski definition) is 1. The van der Waals surface area contributed by atoms with E-state index in [4.69, 9.17) is 0 Å². The second-order valence-electron chi connectivity index (χ2n) is 6.07. The third kappa shape index (κ3) is 3.39. The zero-order valence-corrected chi connectivity index (χ0v) is 12.6. The van der Waals surface area contributed by atoms with Crippen molar-refractivity contribution in [2.75, 3.05) is 20.1 Å². The van der Waals surface area contributed by atoms with Crippen molar-refractivity contribution < 1.29 is 4.79 Å². The zero-order valence-electron chi connectivity index (χ0n) is 11.8. The Bertz CT molecular complexity index is 273. The normalized spacial score (nSPS) is 29.9. The Morgan fingerprint density at radius 3 is 2.22 bits per heavy atom. The first kappa shape index (κ1) is 15.8. The fourth-order valence-corrected chi connectivity index (χ4v) is 3.00. The molecule has 1 heterocycles. The van der Waals surface area contributed by atoms with E-state index in [0.29, 0.717) is 17.9 Å². The fraction of sp³-hybridized carbons (Fsp3) is 0.929. The summed E-state index contributed by atoms with van der Waals surface area (Å²) in [6.45, 7) is 6.45. The minimum absolute atomic E-state index is 0. The molecule has 1 aliphatic carbocycles. The molecule has 0 aromatic heterocycles. The van der Waals surface area contributed by atoms with Gasteiger partial charge in [-0.1, -0.05) is 13.8 Å². The van der Waals surface area contributed by atoms with E-state index < -0.39 is 0 Å². The van der Waals surface area contributed by atoms with Crippen LogP contribution in [0, 0.1) is 17.8 Å². The van der Waals surface area contributed by atoms with Crippen molar-refractivity contribution in [3.8, 4) is 0 Å². The lowest BCUT2D eigenvalue weighted by Crippen LogP contribution is -2.51. The summed E-state index contributed by atoms with van der Waals surface area (Å²) in [6.07, 6.45) is 4.95. The van der Waals surface area contributed by atoms with Crippen molar-refractivity contribution >= 4 is 18.3 Å². The molecule has 2 aliphatic rings. The molecule has 3 nitrogen and oxygen atoms in total. The van der Waals surface area contributed by atoms with Crippen LogP contribution in [-0.4, -0.2) is 37.0 Å². The van der Waals surface area contributed by atoms with E-state index in [2.05, 4.69) is 19.2 Å². The molecule has 18 heavy (non-hydrogen) atoms. The predicted octanol–water partition coefficient (Wildman–Crippen LogP) is 2.30. The van der Waals surface area contributed by atoms with E-state index in [0.717, 1.165) is 19.0 Å². The van der Waals surface area contributed by atoms with Crippen LogP contribution in [0.4, 0.5) is 0 Å². The Hall–Kier alpha value is -0.280. The van der Waals surface area contributed by atoms with Gasteiger partial charge in [0.25, 0.3) is 0 Å². The van der Waals surface area contributed by atoms with Crippen LogP contribution < -0.4 is 5.32 Å². The fourth-order valence-electron chi connectivity index (χ4n) is 3.00. The highest BCUT2D eigenvalue weighted by molar-refractivity contribution is 5.85. The number of rotatable bonds is 3. The molecule has 1 amide bonds. The molecule has 1 unspecified atom stereocenters. The highest BCUT2D eigenvalue weighted by Crippen LogP contribution is 2.28. The first-order valence-corrected chi connectivity index (χ1v) is 7.07. The van der Waals surface area contributed by atoms with Gasteiger partial charge in [-0.3, -0.25) is 4.79 Å². The molecule has 1 N–H and O–H groups in total. The van der Waals surface area contributed by atoms with Gasteiger partial charge < -0.3 is 10.2 Å². The molecule has 1 atom stereocenters. The summed E-state index contributed by atoms with van der Waals surface area (Å²) < 4.78 is 0. The molecule has 4 heteroatoms. The van der Waals surface area contributed by atoms with E-state index in [1.165, 1.54) is 25.7 Å². The minimum atomic E-state index is 0. The van der Waals surface area contributed by atoms with Crippen LogP contribution >= 0.6 is 12.4 Å². The van der Waals surface area contributed by atoms with E-state index in [-0.39, 0.29) is 18.3 Å². The van der Waals surface area contributed by atoms with Gasteiger partial charge in [-0.15, -0.1) is 12.4 Å². The van der Waals surface area contributed by atoms with Crippen molar-refractivity contribution in [3.63, 3.8) is 0 Å². The summed E-state index contributed by atoms with van der Waals surface area (Å²) in [5, 5.41) is 3.25. The minimum Gasteiger partial charge on any atom is -0.343 e. The first-order valence-electron chi connectivity index (χ1n) is 7.07. The van der Waals surface area contributed by atoms with Crippen LogP contribution in [0.2, 0.25) is 0 Å². The van der Waals surface area contributed by atoms with Gasteiger partial charge in [0, 0.05) is 19.0 Å². The average molecular weight is 275 g/mol. The average Bonchev–Trinajstić information content (AvgIpc) is 2.25. The van der Waals surface area contributed by atoms with Crippen molar-refractivity contribution in [2.45, 2.75) is 45.6 Å². The summed E-state index contributed by atoms with van der Waals surface area (Å²) >= 11 is 0. The molecule has 1 saturated heterocycles.